The van der Waals surface area contributed by atoms with Gasteiger partial charge in [0, 0.05) is 54.1 Å². The Labute approximate surface area is 835 Å². The Morgan fingerprint density at radius 3 is 0.904 bits per heavy atom. The maximum Gasteiger partial charge on any atom is 0.311 e. The number of unbranched alkanes of at least 4 members (excludes halogenated alkanes) is 8. The van der Waals surface area contributed by atoms with E-state index < -0.39 is 5.97 Å². The summed E-state index contributed by atoms with van der Waals surface area (Å²) < 4.78 is 20.3. The highest BCUT2D eigenvalue weighted by molar-refractivity contribution is 14.1. The Balaban J connectivity index is 0.000000252. The lowest BCUT2D eigenvalue weighted by atomic mass is 9.77. The molecule has 136 heavy (non-hydrogen) atoms. The minimum atomic E-state index is -0.678. The normalized spacial score (nSPS) is 19.1. The molecule has 13 nitrogen and oxygen atoms in total. The van der Waals surface area contributed by atoms with Crippen LogP contribution < -0.4 is 4.74 Å². The summed E-state index contributed by atoms with van der Waals surface area (Å²) in [7, 11) is 4.25. The standard InChI is InChI=1S/C28H35NO2.C22H34O2.C22H30O2.C21H32O2.C15H21I.C7H5NO.C7H10O2/c1-2-6-22-9-15-25(16-10-22)26-17-11-23(12-18-26)7-4-3-5-8-28(30)31-27-19-13-24(21-29)14-20-27;2*1-3-7-18-10-14-20(15-11-18)21-16-12-19(13-17-21)8-5-4-6-9-22(23)24-2;1-2-6-17-9-13-19(14-10-17)20-15-11-18(12-16-20)7-4-3-5-8-21(22)23;1-2-3-12-4-6-13(7-5-12)14-8-10-15(16)11-9-14;8-5-6-1-3-7(9)4-2-6;1-3-4-5-6-7(8)9-2/h11-14,17-20,22,25H,2-10,15-16H2,1H3;12-13,16-18,20H,3-11,14-15H2,1-2H3;12-13,16-18,20H,3-4,6-7,9-11,14-15H2,1-2H3;11-12,15-17,19H,2-10,13-14H2,1H3,(H,22,23);8-13H,2-7H2,1H3;1-4,9H;1H,4-6H2,2H3. The molecule has 12 rings (SSSR count). The van der Waals surface area contributed by atoms with Crippen molar-refractivity contribution in [1.29, 1.82) is 10.5 Å². The Morgan fingerprint density at radius 2 is 0.610 bits per heavy atom. The van der Waals surface area contributed by atoms with Crippen molar-refractivity contribution in [3.63, 3.8) is 0 Å². The van der Waals surface area contributed by atoms with Crippen LogP contribution in [0.3, 0.4) is 0 Å². The van der Waals surface area contributed by atoms with Crippen molar-refractivity contribution in [3.05, 3.63) is 235 Å². The molecular weight excluding hydrogens is 1800 g/mol. The van der Waals surface area contributed by atoms with Crippen LogP contribution in [0.4, 0.5) is 0 Å². The quantitative estimate of drug-likeness (QED) is 0.00915. The maximum atomic E-state index is 12.0. The number of nitrogens with zero attached hydrogens (tertiary/aromatic N) is 2. The molecule has 0 bridgehead atoms. The number of methoxy groups -OCH3 is 3. The molecule has 0 unspecified atom stereocenters. The second-order valence-corrected chi connectivity index (χ2v) is 40.0. The molecule has 5 fully saturated rings. The zero-order chi connectivity index (χ0) is 98.0. The first-order valence-corrected chi connectivity index (χ1v) is 53.7. The summed E-state index contributed by atoms with van der Waals surface area (Å²) in [5.74, 6) is 16.9. The minimum absolute atomic E-state index is 0.0898. The molecule has 14 heteroatoms. The molecule has 0 amide bonds. The van der Waals surface area contributed by atoms with Crippen LogP contribution in [0.5, 0.6) is 11.5 Å². The molecule has 7 aromatic carbocycles. The number of phenolic OH excluding ortho intramolecular Hbond substituents is 1. The fraction of sp³-hybridized carbons (Fsp3) is 0.566. The van der Waals surface area contributed by atoms with E-state index >= 15 is 0 Å². The SMILES string of the molecule is C#CCCCC(=O)OC.CCCC1CCC(c2ccc(C#CCCCC(=O)OC)cc2)CC1.CCCC1CCC(c2ccc(CCCCCC(=O)O)cc2)CC1.CCCC1CCC(c2ccc(CCCCCC(=O)OC)cc2)CC1.CCCC1CCC(c2ccc(CCCCCC(=O)Oc3ccc(C#N)cc3)cc2)CC1.CCCC1CCC(c2ccc(I)cc2)CC1.N#Cc1ccc(O)cc1. The van der Waals surface area contributed by atoms with Gasteiger partial charge in [0.15, 0.2) is 0 Å². The first-order valence-electron chi connectivity index (χ1n) is 52.6. The van der Waals surface area contributed by atoms with Crippen LogP contribution in [0.25, 0.3) is 0 Å². The van der Waals surface area contributed by atoms with Crippen LogP contribution in [-0.2, 0) is 57.4 Å². The molecule has 2 N–H and O–H groups in total. The highest BCUT2D eigenvalue weighted by Gasteiger charge is 2.27. The Hall–Kier alpha value is -9.48. The number of halogens is 1. The first-order chi connectivity index (χ1) is 66.2. The molecule has 7 aromatic rings. The van der Waals surface area contributed by atoms with E-state index in [1.807, 2.05) is 6.07 Å². The molecule has 5 aliphatic carbocycles. The van der Waals surface area contributed by atoms with Gasteiger partial charge in [0.05, 0.1) is 44.6 Å². The summed E-state index contributed by atoms with van der Waals surface area (Å²) >= 11 is 2.38. The number of carbonyl (C=O) groups is 5. The monoisotopic (exact) mass is 1960 g/mol. The van der Waals surface area contributed by atoms with Crippen LogP contribution in [0, 0.1) is 80.0 Å². The highest BCUT2D eigenvalue weighted by Crippen LogP contribution is 2.43. The van der Waals surface area contributed by atoms with E-state index in [4.69, 9.17) is 31.9 Å². The number of carboxylic acids is 1. The van der Waals surface area contributed by atoms with Gasteiger partial charge in [-0.1, -0.05) is 227 Å². The average Bonchev–Trinajstić information content (AvgIpc) is 0.828. The van der Waals surface area contributed by atoms with Gasteiger partial charge in [-0.2, -0.15) is 10.5 Å². The second kappa shape index (κ2) is 71.0. The number of hydrogen-bond donors (Lipinski definition) is 2. The molecular formula is C122H167IN2O11. The number of benzene rings is 7. The van der Waals surface area contributed by atoms with Gasteiger partial charge < -0.3 is 29.2 Å². The molecule has 0 atom stereocenters. The van der Waals surface area contributed by atoms with Crippen molar-refractivity contribution < 1.29 is 53.1 Å². The van der Waals surface area contributed by atoms with E-state index in [-0.39, 0.29) is 29.6 Å². The number of esters is 4. The molecule has 0 heterocycles. The maximum absolute atomic E-state index is 12.0. The average molecular weight is 1960 g/mol. The van der Waals surface area contributed by atoms with Crippen molar-refractivity contribution >= 4 is 52.4 Å². The smallest absolute Gasteiger partial charge is 0.311 e. The summed E-state index contributed by atoms with van der Waals surface area (Å²) in [4.78, 5) is 54.9. The number of hydrogen-bond acceptors (Lipinski definition) is 12. The summed E-state index contributed by atoms with van der Waals surface area (Å²) in [5, 5.41) is 34.5. The van der Waals surface area contributed by atoms with Gasteiger partial charge in [0.1, 0.15) is 11.5 Å². The molecule has 5 saturated carbocycles. The second-order valence-electron chi connectivity index (χ2n) is 38.7. The number of aromatic hydroxyl groups is 1. The number of ether oxygens (including phenoxy) is 4. The van der Waals surface area contributed by atoms with Crippen LogP contribution in [0.2, 0.25) is 0 Å². The van der Waals surface area contributed by atoms with E-state index in [0.717, 1.165) is 161 Å². The molecule has 0 saturated heterocycles. The molecule has 0 aliphatic heterocycles. The van der Waals surface area contributed by atoms with Crippen molar-refractivity contribution in [3.8, 4) is 47.8 Å². The fourth-order valence-electron chi connectivity index (χ4n) is 20.2. The van der Waals surface area contributed by atoms with E-state index in [1.54, 1.807) is 47.5 Å². The first kappa shape index (κ1) is 115. The molecule has 0 spiro atoms. The van der Waals surface area contributed by atoms with Crippen LogP contribution >= 0.6 is 22.6 Å². The number of carbonyl (C=O) groups excluding carboxylic acids is 4. The van der Waals surface area contributed by atoms with Crippen molar-refractivity contribution in [2.75, 3.05) is 21.3 Å². The molecule has 0 radical (unpaired) electrons. The van der Waals surface area contributed by atoms with Gasteiger partial charge in [-0.25, -0.2) is 0 Å². The van der Waals surface area contributed by atoms with Gasteiger partial charge in [0.2, 0.25) is 0 Å². The van der Waals surface area contributed by atoms with Crippen LogP contribution in [0.1, 0.15) is 434 Å². The lowest BCUT2D eigenvalue weighted by Crippen LogP contribution is -2.13. The number of phenols is 1. The zero-order valence-electron chi connectivity index (χ0n) is 84.4. The topological polar surface area (TPSA) is 210 Å². The number of nitriles is 2. The van der Waals surface area contributed by atoms with Gasteiger partial charge in [-0.15, -0.1) is 12.3 Å². The Morgan fingerprint density at radius 1 is 0.338 bits per heavy atom. The third-order valence-corrected chi connectivity index (χ3v) is 29.1. The lowest BCUT2D eigenvalue weighted by molar-refractivity contribution is -0.141. The third-order valence-electron chi connectivity index (χ3n) is 28.4. The van der Waals surface area contributed by atoms with E-state index in [0.29, 0.717) is 55.4 Å². The Bertz CT molecular complexity index is 4570. The summed E-state index contributed by atoms with van der Waals surface area (Å²) in [6, 6.07) is 62.5. The van der Waals surface area contributed by atoms with Gasteiger partial charge in [0.25, 0.3) is 0 Å². The van der Waals surface area contributed by atoms with Crippen LogP contribution in [0.15, 0.2) is 170 Å². The summed E-state index contributed by atoms with van der Waals surface area (Å²) in [5.41, 5.74) is 14.0. The third kappa shape index (κ3) is 49.2. The minimum Gasteiger partial charge on any atom is -0.508 e. The van der Waals surface area contributed by atoms with Crippen molar-refractivity contribution in [1.82, 2.24) is 0 Å². The van der Waals surface area contributed by atoms with Crippen LogP contribution in [-0.4, -0.2) is 61.4 Å². The number of carboxylic acid groups (broad SMARTS) is 1. The van der Waals surface area contributed by atoms with E-state index in [9.17, 15) is 24.0 Å². The molecule has 738 valence electrons. The summed E-state index contributed by atoms with van der Waals surface area (Å²) in [6.45, 7) is 11.5. The fourth-order valence-corrected chi connectivity index (χ4v) is 20.5. The van der Waals surface area contributed by atoms with E-state index in [1.165, 1.54) is 263 Å². The number of aliphatic carboxylic acids is 1. The lowest BCUT2D eigenvalue weighted by Gasteiger charge is -2.28. The van der Waals surface area contributed by atoms with E-state index in [2.05, 4.69) is 217 Å². The van der Waals surface area contributed by atoms with Gasteiger partial charge >= 0.3 is 29.8 Å². The molecule has 0 aromatic heterocycles. The highest BCUT2D eigenvalue weighted by atomic mass is 127. The summed E-state index contributed by atoms with van der Waals surface area (Å²) in [6.07, 6.45) is 63.8. The number of terminal acetylenes is 1. The predicted octanol–water partition coefficient (Wildman–Crippen LogP) is 32.4. The van der Waals surface area contributed by atoms with Crippen molar-refractivity contribution in [2.45, 2.75) is 392 Å². The van der Waals surface area contributed by atoms with Gasteiger partial charge in [-0.3, -0.25) is 24.0 Å². The van der Waals surface area contributed by atoms with Crippen molar-refractivity contribution in [2.24, 2.45) is 29.6 Å². The predicted molar refractivity (Wildman–Crippen MR) is 566 cm³/mol. The largest absolute Gasteiger partial charge is 0.508 e. The van der Waals surface area contributed by atoms with Gasteiger partial charge in [-0.05, 0) is 398 Å². The zero-order valence-corrected chi connectivity index (χ0v) is 86.6. The Kier molecular flexibility index (Phi) is 60.2. The number of rotatable bonds is 40. The molecule has 5 aliphatic rings. The number of aryl methyl sites for hydroxylation is 3.